The molecule has 0 saturated heterocycles. The van der Waals surface area contributed by atoms with Gasteiger partial charge in [0.1, 0.15) is 0 Å². The van der Waals surface area contributed by atoms with Crippen LogP contribution < -0.4 is 0 Å². The van der Waals surface area contributed by atoms with Gasteiger partial charge in [0, 0.05) is 30.1 Å². The summed E-state index contributed by atoms with van der Waals surface area (Å²) < 4.78 is 1.94. The summed E-state index contributed by atoms with van der Waals surface area (Å²) in [6.07, 6.45) is 1.000. The Labute approximate surface area is 155 Å². The van der Waals surface area contributed by atoms with Crippen LogP contribution in [0.3, 0.4) is 0 Å². The summed E-state index contributed by atoms with van der Waals surface area (Å²) in [5, 5.41) is 5.67. The monoisotopic (exact) mass is 362 g/mol. The Hall–Kier alpha value is -1.69. The van der Waals surface area contributed by atoms with Gasteiger partial charge in [-0.1, -0.05) is 20.8 Å². The van der Waals surface area contributed by atoms with Crippen molar-refractivity contribution in [3.05, 3.63) is 32.5 Å². The summed E-state index contributed by atoms with van der Waals surface area (Å²) in [6.45, 7) is 15.3. The molecule has 2 rings (SSSR count). The second kappa shape index (κ2) is 7.68. The van der Waals surface area contributed by atoms with Crippen LogP contribution in [0.1, 0.15) is 83.4 Å². The number of aromatic nitrogens is 3. The predicted octanol–water partition coefficient (Wildman–Crippen LogP) is 4.63. The van der Waals surface area contributed by atoms with Crippen molar-refractivity contribution in [1.29, 1.82) is 0 Å². The van der Waals surface area contributed by atoms with Crippen molar-refractivity contribution in [2.45, 2.75) is 73.4 Å². The highest BCUT2D eigenvalue weighted by atomic mass is 32.1. The number of hydrogen-bond acceptors (Lipinski definition) is 4. The van der Waals surface area contributed by atoms with E-state index in [1.807, 2.05) is 37.4 Å². The van der Waals surface area contributed by atoms with Crippen LogP contribution in [0.2, 0.25) is 0 Å². The Morgan fingerprint density at radius 2 is 1.84 bits per heavy atom. The number of aryl methyl sites for hydroxylation is 3. The van der Waals surface area contributed by atoms with E-state index >= 15 is 0 Å². The first kappa shape index (κ1) is 19.6. The molecule has 2 heterocycles. The van der Waals surface area contributed by atoms with Crippen molar-refractivity contribution < 1.29 is 4.79 Å². The lowest BCUT2D eigenvalue weighted by Gasteiger charge is -2.24. The molecule has 0 fully saturated rings. The molecule has 1 atom stereocenters. The molecule has 2 aromatic heterocycles. The van der Waals surface area contributed by atoms with Gasteiger partial charge in [-0.15, -0.1) is 11.3 Å². The molecular formula is C19H30N4OS. The zero-order valence-corrected chi connectivity index (χ0v) is 17.5. The summed E-state index contributed by atoms with van der Waals surface area (Å²) in [4.78, 5) is 20.8. The van der Waals surface area contributed by atoms with Gasteiger partial charge in [0.2, 0.25) is 0 Å². The molecule has 0 bridgehead atoms. The molecule has 0 radical (unpaired) electrons. The van der Waals surface area contributed by atoms with Crippen LogP contribution in [0, 0.1) is 20.8 Å². The van der Waals surface area contributed by atoms with Crippen molar-refractivity contribution >= 4 is 17.2 Å². The van der Waals surface area contributed by atoms with E-state index in [0.29, 0.717) is 5.92 Å². The Morgan fingerprint density at radius 3 is 2.36 bits per heavy atom. The maximum absolute atomic E-state index is 13.1. The van der Waals surface area contributed by atoms with Gasteiger partial charge in [0.25, 0.3) is 5.91 Å². The maximum atomic E-state index is 13.1. The lowest BCUT2D eigenvalue weighted by atomic mass is 10.1. The SMILES string of the molecule is CCCn1nc(C)c(C(=O)N(C)C(C)c2sc(C(C)C)nc2C)c1C. The van der Waals surface area contributed by atoms with Crippen molar-refractivity contribution in [3.8, 4) is 0 Å². The minimum absolute atomic E-state index is 0.00850. The number of carbonyl (C=O) groups excluding carboxylic acids is 1. The van der Waals surface area contributed by atoms with E-state index in [1.54, 1.807) is 11.3 Å². The van der Waals surface area contributed by atoms with Gasteiger partial charge in [-0.05, 0) is 34.1 Å². The van der Waals surface area contributed by atoms with Crippen LogP contribution in [0.5, 0.6) is 0 Å². The number of rotatable bonds is 6. The van der Waals surface area contributed by atoms with E-state index in [-0.39, 0.29) is 11.9 Å². The lowest BCUT2D eigenvalue weighted by molar-refractivity contribution is 0.0743. The Morgan fingerprint density at radius 1 is 1.20 bits per heavy atom. The average Bonchev–Trinajstić information content (AvgIpc) is 3.06. The van der Waals surface area contributed by atoms with Crippen LogP contribution in [0.25, 0.3) is 0 Å². The molecule has 1 unspecified atom stereocenters. The average molecular weight is 363 g/mol. The highest BCUT2D eigenvalue weighted by Crippen LogP contribution is 2.32. The summed E-state index contributed by atoms with van der Waals surface area (Å²) in [5.74, 6) is 0.436. The molecule has 0 aliphatic rings. The van der Waals surface area contributed by atoms with Gasteiger partial charge < -0.3 is 4.90 Å². The molecule has 0 N–H and O–H groups in total. The standard InChI is InChI=1S/C19H30N4OS/c1-9-10-23-14(6)16(12(4)21-23)19(24)22(8)15(7)17-13(5)20-18(25-17)11(2)3/h11,15H,9-10H2,1-8H3. The van der Waals surface area contributed by atoms with Crippen molar-refractivity contribution in [2.24, 2.45) is 0 Å². The molecule has 0 spiro atoms. The third-order valence-corrected chi connectivity index (χ3v) is 6.28. The van der Waals surface area contributed by atoms with E-state index < -0.39 is 0 Å². The first-order chi connectivity index (χ1) is 11.7. The van der Waals surface area contributed by atoms with Crippen molar-refractivity contribution in [3.63, 3.8) is 0 Å². The molecule has 0 saturated carbocycles. The minimum Gasteiger partial charge on any atom is -0.334 e. The number of nitrogens with zero attached hydrogens (tertiary/aromatic N) is 4. The van der Waals surface area contributed by atoms with Gasteiger partial charge in [-0.2, -0.15) is 5.10 Å². The van der Waals surface area contributed by atoms with E-state index in [9.17, 15) is 4.79 Å². The molecule has 6 heteroatoms. The van der Waals surface area contributed by atoms with E-state index in [2.05, 4.69) is 37.8 Å². The van der Waals surface area contributed by atoms with Crippen LogP contribution in [-0.4, -0.2) is 32.6 Å². The molecule has 0 aliphatic carbocycles. The maximum Gasteiger partial charge on any atom is 0.257 e. The summed E-state index contributed by atoms with van der Waals surface area (Å²) >= 11 is 1.71. The second-order valence-electron chi connectivity index (χ2n) is 7.02. The fourth-order valence-corrected chi connectivity index (χ4v) is 4.19. The predicted molar refractivity (Wildman–Crippen MR) is 103 cm³/mol. The first-order valence-corrected chi connectivity index (χ1v) is 9.79. The number of carbonyl (C=O) groups is 1. The molecule has 25 heavy (non-hydrogen) atoms. The van der Waals surface area contributed by atoms with E-state index in [0.717, 1.165) is 45.5 Å². The van der Waals surface area contributed by atoms with Crippen molar-refractivity contribution in [1.82, 2.24) is 19.7 Å². The van der Waals surface area contributed by atoms with Crippen LogP contribution in [0.4, 0.5) is 0 Å². The number of hydrogen-bond donors (Lipinski definition) is 0. The highest BCUT2D eigenvalue weighted by Gasteiger charge is 2.27. The van der Waals surface area contributed by atoms with Gasteiger partial charge in [0.05, 0.1) is 28.0 Å². The largest absolute Gasteiger partial charge is 0.334 e. The smallest absolute Gasteiger partial charge is 0.257 e. The van der Waals surface area contributed by atoms with Crippen LogP contribution in [-0.2, 0) is 6.54 Å². The summed E-state index contributed by atoms with van der Waals surface area (Å²) in [6, 6.07) is -0.00850. The third-order valence-electron chi connectivity index (χ3n) is 4.65. The molecular weight excluding hydrogens is 332 g/mol. The Kier molecular flexibility index (Phi) is 6.03. The molecule has 5 nitrogen and oxygen atoms in total. The molecule has 0 aromatic carbocycles. The fourth-order valence-electron chi connectivity index (χ4n) is 3.03. The third kappa shape index (κ3) is 3.78. The molecule has 0 aliphatic heterocycles. The molecule has 138 valence electrons. The van der Waals surface area contributed by atoms with Gasteiger partial charge >= 0.3 is 0 Å². The highest BCUT2D eigenvalue weighted by molar-refractivity contribution is 7.11. The lowest BCUT2D eigenvalue weighted by Crippen LogP contribution is -2.30. The number of amides is 1. The van der Waals surface area contributed by atoms with E-state index in [4.69, 9.17) is 0 Å². The molecule has 2 aromatic rings. The minimum atomic E-state index is -0.00850. The first-order valence-electron chi connectivity index (χ1n) is 8.97. The topological polar surface area (TPSA) is 51.0 Å². The van der Waals surface area contributed by atoms with Crippen molar-refractivity contribution in [2.75, 3.05) is 7.05 Å². The molecule has 1 amide bonds. The zero-order valence-electron chi connectivity index (χ0n) is 16.7. The van der Waals surface area contributed by atoms with Crippen LogP contribution in [0.15, 0.2) is 0 Å². The van der Waals surface area contributed by atoms with Gasteiger partial charge in [-0.3, -0.25) is 9.48 Å². The van der Waals surface area contributed by atoms with Crippen LogP contribution >= 0.6 is 11.3 Å². The Bertz CT molecular complexity index is 760. The van der Waals surface area contributed by atoms with Gasteiger partial charge in [0.15, 0.2) is 0 Å². The Balaban J connectivity index is 2.31. The quantitative estimate of drug-likeness (QED) is 0.753. The summed E-state index contributed by atoms with van der Waals surface area (Å²) in [7, 11) is 1.87. The normalized spacial score (nSPS) is 12.7. The number of thiazole rings is 1. The fraction of sp³-hybridized carbons (Fsp3) is 0.632. The second-order valence-corrected chi connectivity index (χ2v) is 8.08. The van der Waals surface area contributed by atoms with Gasteiger partial charge in [-0.25, -0.2) is 4.98 Å². The summed E-state index contributed by atoms with van der Waals surface area (Å²) in [5.41, 5.74) is 3.51. The van der Waals surface area contributed by atoms with E-state index in [1.165, 1.54) is 0 Å². The zero-order chi connectivity index (χ0) is 18.9.